The van der Waals surface area contributed by atoms with Gasteiger partial charge in [0.15, 0.2) is 0 Å². The molecule has 0 amide bonds. The van der Waals surface area contributed by atoms with Crippen LogP contribution in [0.15, 0.2) is 23.1 Å². The van der Waals surface area contributed by atoms with Gasteiger partial charge < -0.3 is 4.90 Å². The van der Waals surface area contributed by atoms with Crippen LogP contribution < -0.4 is 0 Å². The maximum Gasteiger partial charge on any atom is 0.417 e. The minimum Gasteiger partial charge on any atom is -0.301 e. The summed E-state index contributed by atoms with van der Waals surface area (Å²) in [6.45, 7) is 1.42. The standard InChI is InChI=1S/C16H23ClF3N3O4S2/c1-21(2)28(24,25)11-3-6-22-7-9-23(10-8-22)29(26,27)13-4-5-15(17)14(12-13)16(18,19)20/h4-5,12H,3,6-11H2,1-2H3. The van der Waals surface area contributed by atoms with Gasteiger partial charge in [-0.2, -0.15) is 17.5 Å². The van der Waals surface area contributed by atoms with Gasteiger partial charge in [0.25, 0.3) is 0 Å². The third-order valence-electron chi connectivity index (χ3n) is 4.65. The van der Waals surface area contributed by atoms with Gasteiger partial charge in [0.2, 0.25) is 20.0 Å². The Morgan fingerprint density at radius 2 is 1.66 bits per heavy atom. The molecule has 2 rings (SSSR count). The zero-order chi connectivity index (χ0) is 22.0. The minimum absolute atomic E-state index is 0.0104. The molecule has 1 aliphatic heterocycles. The van der Waals surface area contributed by atoms with Crippen LogP contribution in [-0.2, 0) is 26.2 Å². The Labute approximate surface area is 174 Å². The summed E-state index contributed by atoms with van der Waals surface area (Å²) in [6.07, 6.45) is -4.35. The van der Waals surface area contributed by atoms with Crippen LogP contribution in [0, 0.1) is 0 Å². The first kappa shape index (κ1) is 24.4. The predicted molar refractivity (Wildman–Crippen MR) is 104 cm³/mol. The molecule has 1 heterocycles. The molecule has 0 atom stereocenters. The number of benzene rings is 1. The molecule has 0 spiro atoms. The second kappa shape index (κ2) is 9.06. The fourth-order valence-electron chi connectivity index (χ4n) is 2.88. The van der Waals surface area contributed by atoms with Crippen molar-refractivity contribution < 1.29 is 30.0 Å². The molecule has 1 aromatic carbocycles. The molecule has 1 saturated heterocycles. The average molecular weight is 478 g/mol. The van der Waals surface area contributed by atoms with Gasteiger partial charge in [-0.25, -0.2) is 21.1 Å². The number of rotatable bonds is 7. The predicted octanol–water partition coefficient (Wildman–Crippen LogP) is 1.95. The highest BCUT2D eigenvalue weighted by atomic mass is 35.5. The Hall–Kier alpha value is -0.920. The van der Waals surface area contributed by atoms with E-state index in [0.29, 0.717) is 32.1 Å². The lowest BCUT2D eigenvalue weighted by molar-refractivity contribution is -0.137. The Bertz CT molecular complexity index is 929. The van der Waals surface area contributed by atoms with Crippen LogP contribution in [0.25, 0.3) is 0 Å². The van der Waals surface area contributed by atoms with Crippen molar-refractivity contribution in [1.82, 2.24) is 13.5 Å². The zero-order valence-corrected chi connectivity index (χ0v) is 18.4. The normalized spacial score (nSPS) is 17.8. The summed E-state index contributed by atoms with van der Waals surface area (Å²) in [6, 6.07) is 2.54. The molecule has 13 heteroatoms. The van der Waals surface area contributed by atoms with E-state index in [2.05, 4.69) is 0 Å². The first-order valence-corrected chi connectivity index (χ1v) is 12.2. The number of halogens is 4. The molecule has 29 heavy (non-hydrogen) atoms. The molecule has 0 unspecified atom stereocenters. The van der Waals surface area contributed by atoms with Crippen LogP contribution in [0.3, 0.4) is 0 Å². The summed E-state index contributed by atoms with van der Waals surface area (Å²) in [7, 11) is -4.47. The van der Waals surface area contributed by atoms with Gasteiger partial charge in [-0.15, -0.1) is 0 Å². The summed E-state index contributed by atoms with van der Waals surface area (Å²) in [4.78, 5) is 1.47. The Balaban J connectivity index is 2.00. The van der Waals surface area contributed by atoms with Crippen LogP contribution >= 0.6 is 11.6 Å². The van der Waals surface area contributed by atoms with Crippen molar-refractivity contribution in [3.63, 3.8) is 0 Å². The zero-order valence-electron chi connectivity index (χ0n) is 16.0. The number of piperazine rings is 1. The molecule has 1 aromatic rings. The smallest absolute Gasteiger partial charge is 0.301 e. The molecule has 0 saturated carbocycles. The lowest BCUT2D eigenvalue weighted by atomic mass is 10.2. The van der Waals surface area contributed by atoms with Crippen molar-refractivity contribution in [2.75, 3.05) is 52.6 Å². The quantitative estimate of drug-likeness (QED) is 0.600. The molecule has 166 valence electrons. The largest absolute Gasteiger partial charge is 0.417 e. The molecule has 7 nitrogen and oxygen atoms in total. The van der Waals surface area contributed by atoms with Crippen LogP contribution in [0.4, 0.5) is 13.2 Å². The molecule has 0 N–H and O–H groups in total. The Kier molecular flexibility index (Phi) is 7.61. The Morgan fingerprint density at radius 1 is 1.07 bits per heavy atom. The summed E-state index contributed by atoms with van der Waals surface area (Å²) in [5.74, 6) is -0.0104. The van der Waals surface area contributed by atoms with E-state index in [1.165, 1.54) is 14.1 Å². The first-order valence-electron chi connectivity index (χ1n) is 8.74. The highest BCUT2D eigenvalue weighted by Gasteiger charge is 2.36. The van der Waals surface area contributed by atoms with Gasteiger partial charge in [0.05, 0.1) is 21.2 Å². The SMILES string of the molecule is CN(C)S(=O)(=O)CCCN1CCN(S(=O)(=O)c2ccc(Cl)c(C(F)(F)F)c2)CC1. The van der Waals surface area contributed by atoms with E-state index in [4.69, 9.17) is 11.6 Å². The van der Waals surface area contributed by atoms with E-state index < -0.39 is 41.7 Å². The molecule has 0 radical (unpaired) electrons. The van der Waals surface area contributed by atoms with Gasteiger partial charge in [-0.05, 0) is 31.2 Å². The molecule has 1 aliphatic rings. The lowest BCUT2D eigenvalue weighted by Gasteiger charge is -2.34. The molecular weight excluding hydrogens is 455 g/mol. The number of nitrogens with zero attached hydrogens (tertiary/aromatic N) is 3. The second-order valence-electron chi connectivity index (χ2n) is 6.84. The maximum atomic E-state index is 13.0. The number of hydrogen-bond donors (Lipinski definition) is 0. The van der Waals surface area contributed by atoms with Crippen molar-refractivity contribution >= 4 is 31.6 Å². The van der Waals surface area contributed by atoms with E-state index in [0.717, 1.165) is 20.7 Å². The van der Waals surface area contributed by atoms with E-state index in [1.807, 2.05) is 4.90 Å². The van der Waals surface area contributed by atoms with Crippen molar-refractivity contribution in [3.05, 3.63) is 28.8 Å². The van der Waals surface area contributed by atoms with Crippen LogP contribution in [-0.4, -0.2) is 82.9 Å². The fourth-order valence-corrected chi connectivity index (χ4v) is 5.41. The molecular formula is C16H23ClF3N3O4S2. The van der Waals surface area contributed by atoms with E-state index in [9.17, 15) is 30.0 Å². The van der Waals surface area contributed by atoms with Crippen molar-refractivity contribution in [1.29, 1.82) is 0 Å². The van der Waals surface area contributed by atoms with E-state index in [-0.39, 0.29) is 18.8 Å². The second-order valence-corrected chi connectivity index (χ2v) is 11.5. The number of sulfonamides is 2. The van der Waals surface area contributed by atoms with Gasteiger partial charge >= 0.3 is 6.18 Å². The van der Waals surface area contributed by atoms with Gasteiger partial charge in [0.1, 0.15) is 0 Å². The summed E-state index contributed by atoms with van der Waals surface area (Å²) < 4.78 is 90.3. The lowest BCUT2D eigenvalue weighted by Crippen LogP contribution is -2.49. The summed E-state index contributed by atoms with van der Waals surface area (Å²) in [5, 5.41) is -0.561. The minimum atomic E-state index is -4.76. The van der Waals surface area contributed by atoms with Crippen LogP contribution in [0.2, 0.25) is 5.02 Å². The van der Waals surface area contributed by atoms with Crippen molar-refractivity contribution in [3.8, 4) is 0 Å². The molecule has 0 aromatic heterocycles. The van der Waals surface area contributed by atoms with Gasteiger partial charge in [-0.3, -0.25) is 0 Å². The average Bonchev–Trinajstić information content (AvgIpc) is 2.61. The molecule has 0 bridgehead atoms. The summed E-state index contributed by atoms with van der Waals surface area (Å²) >= 11 is 5.55. The van der Waals surface area contributed by atoms with Crippen molar-refractivity contribution in [2.45, 2.75) is 17.5 Å². The number of alkyl halides is 3. The van der Waals surface area contributed by atoms with Gasteiger partial charge in [0, 0.05) is 40.3 Å². The number of hydrogen-bond acceptors (Lipinski definition) is 5. The van der Waals surface area contributed by atoms with Gasteiger partial charge in [-0.1, -0.05) is 11.6 Å². The maximum absolute atomic E-state index is 13.0. The molecule has 1 fully saturated rings. The fraction of sp³-hybridized carbons (Fsp3) is 0.625. The third kappa shape index (κ3) is 6.05. The summed E-state index contributed by atoms with van der Waals surface area (Å²) in [5.41, 5.74) is -1.19. The third-order valence-corrected chi connectivity index (χ3v) is 8.79. The monoisotopic (exact) mass is 477 g/mol. The highest BCUT2D eigenvalue weighted by molar-refractivity contribution is 7.89. The van der Waals surface area contributed by atoms with Crippen molar-refractivity contribution in [2.24, 2.45) is 0 Å². The first-order chi connectivity index (χ1) is 13.2. The topological polar surface area (TPSA) is 78.0 Å². The van der Waals surface area contributed by atoms with E-state index in [1.54, 1.807) is 0 Å². The van der Waals surface area contributed by atoms with Crippen LogP contribution in [0.1, 0.15) is 12.0 Å². The molecule has 0 aliphatic carbocycles. The highest BCUT2D eigenvalue weighted by Crippen LogP contribution is 2.36. The van der Waals surface area contributed by atoms with Crippen LogP contribution in [0.5, 0.6) is 0 Å². The Morgan fingerprint density at radius 3 is 2.17 bits per heavy atom. The van der Waals surface area contributed by atoms with E-state index >= 15 is 0 Å².